The molecule has 0 aliphatic rings. The van der Waals surface area contributed by atoms with Crippen LogP contribution in [0.1, 0.15) is 4.88 Å². The molecule has 4 rings (SSSR count). The van der Waals surface area contributed by atoms with Gasteiger partial charge in [0, 0.05) is 10.4 Å². The van der Waals surface area contributed by atoms with Crippen LogP contribution in [-0.2, 0) is 0 Å². The summed E-state index contributed by atoms with van der Waals surface area (Å²) in [5.41, 5.74) is 1.60. The average molecular weight is 336 g/mol. The van der Waals surface area contributed by atoms with Gasteiger partial charge < -0.3 is 13.9 Å². The lowest BCUT2D eigenvalue weighted by Gasteiger charge is -1.92. The Morgan fingerprint density at radius 1 is 1.17 bits per heavy atom. The largest absolute Gasteiger partial charge is 0.404 e. The summed E-state index contributed by atoms with van der Waals surface area (Å²) in [6.45, 7) is 3.84. The molecule has 4 aromatic rings. The molecule has 3 aromatic heterocycles. The zero-order valence-electron chi connectivity index (χ0n) is 12.5. The van der Waals surface area contributed by atoms with Gasteiger partial charge in [0.25, 0.3) is 0 Å². The van der Waals surface area contributed by atoms with Crippen molar-refractivity contribution in [1.82, 2.24) is 10.1 Å². The zero-order chi connectivity index (χ0) is 16.5. The van der Waals surface area contributed by atoms with Crippen LogP contribution in [0, 0.1) is 10.8 Å². The van der Waals surface area contributed by atoms with Crippen molar-refractivity contribution in [3.05, 3.63) is 84.7 Å². The summed E-state index contributed by atoms with van der Waals surface area (Å²) in [5, 5.41) is 6.91. The molecule has 0 spiro atoms. The molecule has 6 heteroatoms. The van der Waals surface area contributed by atoms with E-state index in [1.807, 2.05) is 47.8 Å². The first-order valence-electron chi connectivity index (χ1n) is 7.21. The van der Waals surface area contributed by atoms with E-state index in [0.29, 0.717) is 21.7 Å². The topological polar surface area (TPSA) is 72.0 Å². The SMILES string of the molecule is C=c1onc(-c2ccccc2)c1=c1[nH]/c(=C\c2cccs2)c(=O)o1. The molecule has 3 heterocycles. The number of H-pyrrole nitrogens is 1. The summed E-state index contributed by atoms with van der Waals surface area (Å²) < 4.78 is 10.6. The Labute approximate surface area is 139 Å². The minimum Gasteiger partial charge on any atom is -0.404 e. The lowest BCUT2D eigenvalue weighted by molar-refractivity contribution is 0.396. The van der Waals surface area contributed by atoms with Gasteiger partial charge in [0.2, 0.25) is 5.55 Å². The Hall–Kier alpha value is -3.12. The van der Waals surface area contributed by atoms with E-state index >= 15 is 0 Å². The summed E-state index contributed by atoms with van der Waals surface area (Å²) in [7, 11) is 0. The number of nitrogens with zero attached hydrogens (tertiary/aromatic N) is 1. The van der Waals surface area contributed by atoms with Crippen LogP contribution in [0.15, 0.2) is 61.6 Å². The van der Waals surface area contributed by atoms with Gasteiger partial charge in [0.1, 0.15) is 16.3 Å². The Balaban J connectivity index is 2.05. The number of thiophene rings is 1. The van der Waals surface area contributed by atoms with Crippen LogP contribution in [0.4, 0.5) is 0 Å². The fraction of sp³-hybridized carbons (Fsp3) is 0. The van der Waals surface area contributed by atoms with Crippen LogP contribution < -0.4 is 16.4 Å². The van der Waals surface area contributed by atoms with Crippen LogP contribution in [0.25, 0.3) is 23.9 Å². The fourth-order valence-electron chi connectivity index (χ4n) is 2.42. The van der Waals surface area contributed by atoms with Crippen LogP contribution in [-0.4, -0.2) is 10.1 Å². The van der Waals surface area contributed by atoms with Crippen LogP contribution >= 0.6 is 11.3 Å². The highest BCUT2D eigenvalue weighted by atomic mass is 32.1. The van der Waals surface area contributed by atoms with E-state index in [2.05, 4.69) is 16.7 Å². The molecule has 0 fully saturated rings. The summed E-state index contributed by atoms with van der Waals surface area (Å²) >= 11 is 1.54. The van der Waals surface area contributed by atoms with E-state index in [0.717, 1.165) is 10.4 Å². The molecule has 0 atom stereocenters. The fourth-order valence-corrected chi connectivity index (χ4v) is 3.08. The molecule has 0 bridgehead atoms. The first-order chi connectivity index (χ1) is 11.7. The number of nitrogens with one attached hydrogen (secondary N) is 1. The number of aromatic nitrogens is 2. The van der Waals surface area contributed by atoms with Gasteiger partial charge in [-0.2, -0.15) is 0 Å². The molecular weight excluding hydrogens is 324 g/mol. The monoisotopic (exact) mass is 336 g/mol. The van der Waals surface area contributed by atoms with E-state index in [-0.39, 0.29) is 5.55 Å². The molecule has 1 N–H and O–H groups in total. The van der Waals surface area contributed by atoms with E-state index in [1.54, 1.807) is 6.08 Å². The lowest BCUT2D eigenvalue weighted by atomic mass is 10.1. The molecule has 0 aliphatic carbocycles. The van der Waals surface area contributed by atoms with E-state index in [1.165, 1.54) is 11.3 Å². The summed E-state index contributed by atoms with van der Waals surface area (Å²) in [4.78, 5) is 16.1. The molecule has 0 amide bonds. The third-order valence-electron chi connectivity index (χ3n) is 3.53. The van der Waals surface area contributed by atoms with Gasteiger partial charge in [0.15, 0.2) is 5.42 Å². The van der Waals surface area contributed by atoms with E-state index in [4.69, 9.17) is 8.94 Å². The predicted octanol–water partition coefficient (Wildman–Crippen LogP) is 2.21. The molecule has 0 radical (unpaired) electrons. The second-order valence-corrected chi connectivity index (χ2v) is 6.09. The number of benzene rings is 1. The average Bonchev–Trinajstić information content (AvgIpc) is 3.30. The van der Waals surface area contributed by atoms with Crippen LogP contribution in [0.2, 0.25) is 0 Å². The molecule has 0 saturated carbocycles. The number of hydrogen-bond acceptors (Lipinski definition) is 5. The van der Waals surface area contributed by atoms with Gasteiger partial charge in [-0.1, -0.05) is 48.1 Å². The third-order valence-corrected chi connectivity index (χ3v) is 4.35. The lowest BCUT2D eigenvalue weighted by Crippen LogP contribution is -2.20. The van der Waals surface area contributed by atoms with Crippen molar-refractivity contribution in [2.24, 2.45) is 0 Å². The molecule has 24 heavy (non-hydrogen) atoms. The molecule has 0 unspecified atom stereocenters. The molecule has 5 nitrogen and oxygen atoms in total. The van der Waals surface area contributed by atoms with E-state index in [9.17, 15) is 4.79 Å². The van der Waals surface area contributed by atoms with Gasteiger partial charge in [-0.3, -0.25) is 0 Å². The first kappa shape index (κ1) is 14.5. The third kappa shape index (κ3) is 2.53. The van der Waals surface area contributed by atoms with Gasteiger partial charge in [-0.25, -0.2) is 4.79 Å². The van der Waals surface area contributed by atoms with Crippen LogP contribution in [0.3, 0.4) is 0 Å². The summed E-state index contributed by atoms with van der Waals surface area (Å²) in [5.74, 6) is 0. The normalized spacial score (nSPS) is 13.4. The molecule has 0 aliphatic heterocycles. The van der Waals surface area contributed by atoms with Gasteiger partial charge in [0.05, 0.1) is 0 Å². The van der Waals surface area contributed by atoms with Crippen molar-refractivity contribution in [1.29, 1.82) is 0 Å². The standard InChI is InChI=1S/C18H12N2O3S/c1-11-15(16(20-23-11)12-6-3-2-4-7-12)17-19-14(18(21)22-17)10-13-8-5-9-24-13/h2-10,19H,1H2/b14-10-,17-15?. The van der Waals surface area contributed by atoms with Crippen molar-refractivity contribution in [3.8, 4) is 11.3 Å². The van der Waals surface area contributed by atoms with Gasteiger partial charge >= 0.3 is 5.63 Å². The van der Waals surface area contributed by atoms with E-state index < -0.39 is 5.63 Å². The minimum atomic E-state index is -0.446. The maximum absolute atomic E-state index is 12.1. The molecule has 0 saturated heterocycles. The predicted molar refractivity (Wildman–Crippen MR) is 91.6 cm³/mol. The molecule has 1 aromatic carbocycles. The number of oxazole rings is 1. The highest BCUT2D eigenvalue weighted by molar-refractivity contribution is 7.10. The van der Waals surface area contributed by atoms with Crippen molar-refractivity contribution in [3.63, 3.8) is 0 Å². The van der Waals surface area contributed by atoms with Crippen molar-refractivity contribution >= 4 is 24.0 Å². The number of hydrogen-bond donors (Lipinski definition) is 1. The summed E-state index contributed by atoms with van der Waals surface area (Å²) in [6.07, 6.45) is 1.75. The minimum absolute atomic E-state index is 0.285. The highest BCUT2D eigenvalue weighted by Crippen LogP contribution is 2.16. The van der Waals surface area contributed by atoms with Crippen molar-refractivity contribution in [2.45, 2.75) is 0 Å². The first-order valence-corrected chi connectivity index (χ1v) is 8.09. The zero-order valence-corrected chi connectivity index (χ0v) is 13.3. The van der Waals surface area contributed by atoms with Crippen molar-refractivity contribution < 1.29 is 8.94 Å². The quantitative estimate of drug-likeness (QED) is 0.609. The Bertz CT molecular complexity index is 1230. The Morgan fingerprint density at radius 3 is 2.75 bits per heavy atom. The Morgan fingerprint density at radius 2 is 2.00 bits per heavy atom. The van der Waals surface area contributed by atoms with Crippen LogP contribution in [0.5, 0.6) is 0 Å². The summed E-state index contributed by atoms with van der Waals surface area (Å²) in [6, 6.07) is 13.4. The second kappa shape index (κ2) is 5.82. The molecular formula is C18H12N2O3S. The Kier molecular flexibility index (Phi) is 3.51. The number of rotatable bonds is 2. The van der Waals surface area contributed by atoms with Crippen molar-refractivity contribution in [2.75, 3.05) is 0 Å². The van der Waals surface area contributed by atoms with Gasteiger partial charge in [-0.15, -0.1) is 11.3 Å². The van der Waals surface area contributed by atoms with Gasteiger partial charge in [-0.05, 0) is 17.5 Å². The maximum Gasteiger partial charge on any atom is 0.361 e. The maximum atomic E-state index is 12.1. The highest BCUT2D eigenvalue weighted by Gasteiger charge is 2.09. The second-order valence-electron chi connectivity index (χ2n) is 5.11. The number of aromatic amines is 1. The molecule has 118 valence electrons. The smallest absolute Gasteiger partial charge is 0.361 e.